The third-order valence-electron chi connectivity index (χ3n) is 6.98. The predicted octanol–water partition coefficient (Wildman–Crippen LogP) is 9.44. The summed E-state index contributed by atoms with van der Waals surface area (Å²) in [5.41, 5.74) is -2.67. The van der Waals surface area contributed by atoms with Crippen molar-refractivity contribution in [3.05, 3.63) is 0 Å². The van der Waals surface area contributed by atoms with E-state index in [9.17, 15) is 14.5 Å². The summed E-state index contributed by atoms with van der Waals surface area (Å²) in [6.45, 7) is 13.0. The van der Waals surface area contributed by atoms with Crippen LogP contribution in [0.3, 0.4) is 0 Å². The summed E-state index contributed by atoms with van der Waals surface area (Å²) >= 11 is 2.06. The van der Waals surface area contributed by atoms with Gasteiger partial charge in [-0.15, -0.1) is 0 Å². The van der Waals surface area contributed by atoms with Crippen LogP contribution in [0.2, 0.25) is 0 Å². The number of aliphatic hydroxyl groups is 1. The summed E-state index contributed by atoms with van der Waals surface area (Å²) < 4.78 is 28.1. The number of hydrogen-bond acceptors (Lipinski definition) is 7. The maximum Gasteiger partial charge on any atom is 0.470 e. The summed E-state index contributed by atoms with van der Waals surface area (Å²) in [6, 6.07) is 0. The van der Waals surface area contributed by atoms with Gasteiger partial charge in [-0.25, -0.2) is 4.79 Å². The quantitative estimate of drug-likeness (QED) is 0.0410. The van der Waals surface area contributed by atoms with E-state index >= 15 is 0 Å². The zero-order chi connectivity index (χ0) is 30.1. The number of carbonyl (C=O) groups excluding carboxylic acids is 1. The van der Waals surface area contributed by atoms with Crippen LogP contribution in [-0.4, -0.2) is 53.5 Å². The van der Waals surface area contributed by atoms with Gasteiger partial charge in [0.25, 0.3) is 0 Å². The van der Waals surface area contributed by atoms with Gasteiger partial charge in [0.15, 0.2) is 0 Å². The number of rotatable bonds is 28. The number of thioether (sulfide) groups is 1. The average molecular weight is 608 g/mol. The second kappa shape index (κ2) is 25.3. The van der Waals surface area contributed by atoms with Crippen LogP contribution in [0.25, 0.3) is 0 Å². The molecule has 0 aliphatic heterocycles. The van der Waals surface area contributed by atoms with Crippen molar-refractivity contribution in [2.24, 2.45) is 5.41 Å². The fourth-order valence-electron chi connectivity index (χ4n) is 4.39. The summed E-state index contributed by atoms with van der Waals surface area (Å²) in [4.78, 5) is 12.2. The lowest BCUT2D eigenvalue weighted by Crippen LogP contribution is -2.39. The van der Waals surface area contributed by atoms with E-state index in [1.165, 1.54) is 108 Å². The molecule has 0 aromatic rings. The Labute approximate surface area is 253 Å². The number of carbonyl (C=O) groups is 1. The smallest absolute Gasteiger partial charge is 0.458 e. The largest absolute Gasteiger partial charge is 0.470 e. The first kappa shape index (κ1) is 39.8. The Morgan fingerprint density at radius 2 is 1.32 bits per heavy atom. The third-order valence-corrected chi connectivity index (χ3v) is 9.17. The zero-order valence-corrected chi connectivity index (χ0v) is 28.7. The molecule has 0 aromatic carbocycles. The van der Waals surface area contributed by atoms with E-state index in [2.05, 4.69) is 32.5 Å². The highest BCUT2D eigenvalue weighted by Gasteiger charge is 2.49. The molecule has 8 heteroatoms. The predicted molar refractivity (Wildman–Crippen MR) is 172 cm³/mol. The number of ether oxygens (including phenoxy) is 3. The average Bonchev–Trinajstić information content (AvgIpc) is 2.92. The van der Waals surface area contributed by atoms with Gasteiger partial charge in [0.05, 0.1) is 19.3 Å². The Morgan fingerprint density at radius 1 is 0.800 bits per heavy atom. The molecule has 40 heavy (non-hydrogen) atoms. The fraction of sp³-hybridized carbons (Fsp3) is 0.969. The Hall–Kier alpha value is -0.200. The van der Waals surface area contributed by atoms with Crippen LogP contribution in [0, 0.1) is 5.41 Å². The first-order valence-corrected chi connectivity index (χ1v) is 18.2. The molecule has 0 fully saturated rings. The molecular weight excluding hydrogens is 543 g/mol. The molecule has 0 aromatic heterocycles. The standard InChI is InChI=1S/C32H63O6PS/c1-7-9-11-13-15-16-17-19-21-26-40-29(23-20-18-14-12-10-8-2)28(3)36-24-22-25-38-32(34,39-35)30(33)37-27-31(4,5)6/h28-29,34H,7-27H2,1-6H3/p+1. The Bertz CT molecular complexity index is 615. The van der Waals surface area contributed by atoms with Gasteiger partial charge in [0.2, 0.25) is 0 Å². The SMILES string of the molecule is CCCCCCCCCCCSC(CCCCCCCC)C(C)OCCCOC(O)([PH+]=O)C(=O)OCC(C)(C)C. The van der Waals surface area contributed by atoms with Gasteiger partial charge in [-0.2, -0.15) is 11.8 Å². The molecule has 0 aliphatic rings. The molecule has 0 saturated carbocycles. The maximum absolute atomic E-state index is 12.2. The van der Waals surface area contributed by atoms with Crippen LogP contribution >= 0.6 is 20.2 Å². The van der Waals surface area contributed by atoms with Crippen molar-refractivity contribution in [3.63, 3.8) is 0 Å². The van der Waals surface area contributed by atoms with Crippen LogP contribution in [0.1, 0.15) is 151 Å². The fourth-order valence-corrected chi connectivity index (χ4v) is 6.07. The van der Waals surface area contributed by atoms with Gasteiger partial charge < -0.3 is 19.3 Å². The van der Waals surface area contributed by atoms with Gasteiger partial charge in [-0.3, -0.25) is 0 Å². The van der Waals surface area contributed by atoms with Crippen LogP contribution in [0.5, 0.6) is 0 Å². The molecule has 0 rings (SSSR count). The van der Waals surface area contributed by atoms with Crippen molar-refractivity contribution in [3.8, 4) is 0 Å². The molecule has 4 atom stereocenters. The highest BCUT2D eigenvalue weighted by atomic mass is 32.2. The third kappa shape index (κ3) is 22.4. The molecule has 0 bridgehead atoms. The van der Waals surface area contributed by atoms with E-state index in [1.807, 2.05) is 20.8 Å². The highest BCUT2D eigenvalue weighted by molar-refractivity contribution is 7.99. The molecule has 4 unspecified atom stereocenters. The second-order valence-corrected chi connectivity index (χ2v) is 14.7. The minimum atomic E-state index is -2.41. The Kier molecular flexibility index (Phi) is 25.2. The first-order valence-electron chi connectivity index (χ1n) is 16.3. The van der Waals surface area contributed by atoms with Gasteiger partial charge in [0, 0.05) is 11.9 Å². The number of esters is 1. The highest BCUT2D eigenvalue weighted by Crippen LogP contribution is 2.27. The molecular formula is C32H64O6PS+. The summed E-state index contributed by atoms with van der Waals surface area (Å²) in [6.07, 6.45) is 21.7. The minimum absolute atomic E-state index is 0.0662. The Morgan fingerprint density at radius 3 is 1.85 bits per heavy atom. The minimum Gasteiger partial charge on any atom is -0.458 e. The van der Waals surface area contributed by atoms with E-state index < -0.39 is 20.0 Å². The van der Waals surface area contributed by atoms with Gasteiger partial charge >= 0.3 is 20.0 Å². The van der Waals surface area contributed by atoms with Crippen molar-refractivity contribution < 1.29 is 28.7 Å². The van der Waals surface area contributed by atoms with Crippen molar-refractivity contribution in [2.75, 3.05) is 25.6 Å². The number of unbranched alkanes of at least 4 members (excludes halogenated alkanes) is 13. The van der Waals surface area contributed by atoms with Gasteiger partial charge in [0.1, 0.15) is 0 Å². The molecule has 0 amide bonds. The van der Waals surface area contributed by atoms with Gasteiger partial charge in [-0.05, 0) is 37.4 Å². The molecule has 1 N–H and O–H groups in total. The van der Waals surface area contributed by atoms with Crippen molar-refractivity contribution >= 4 is 26.2 Å². The van der Waals surface area contributed by atoms with E-state index in [-0.39, 0.29) is 24.7 Å². The van der Waals surface area contributed by atoms with Gasteiger partial charge in [-0.1, -0.05) is 129 Å². The molecule has 0 radical (unpaired) electrons. The van der Waals surface area contributed by atoms with Crippen molar-refractivity contribution in [1.29, 1.82) is 0 Å². The topological polar surface area (TPSA) is 82.1 Å². The van der Waals surface area contributed by atoms with E-state index in [0.29, 0.717) is 18.3 Å². The summed E-state index contributed by atoms with van der Waals surface area (Å²) in [5.74, 6) is 0.179. The lowest BCUT2D eigenvalue weighted by atomic mass is 9.99. The molecule has 6 nitrogen and oxygen atoms in total. The van der Waals surface area contributed by atoms with Crippen LogP contribution in [-0.2, 0) is 23.6 Å². The van der Waals surface area contributed by atoms with Crippen LogP contribution in [0.15, 0.2) is 0 Å². The van der Waals surface area contributed by atoms with E-state index in [4.69, 9.17) is 14.2 Å². The zero-order valence-electron chi connectivity index (χ0n) is 26.9. The maximum atomic E-state index is 12.2. The molecule has 238 valence electrons. The van der Waals surface area contributed by atoms with Crippen molar-refractivity contribution in [2.45, 2.75) is 168 Å². The first-order chi connectivity index (χ1) is 19.1. The van der Waals surface area contributed by atoms with E-state index in [0.717, 1.165) is 0 Å². The molecule has 0 saturated heterocycles. The lowest BCUT2D eigenvalue weighted by molar-refractivity contribution is -0.198. The Balaban J connectivity index is 4.43. The molecule has 0 spiro atoms. The normalized spacial score (nSPS) is 15.2. The second-order valence-electron chi connectivity index (χ2n) is 12.5. The molecule has 0 heterocycles. The van der Waals surface area contributed by atoms with Crippen LogP contribution in [0.4, 0.5) is 0 Å². The van der Waals surface area contributed by atoms with Crippen LogP contribution < -0.4 is 0 Å². The van der Waals surface area contributed by atoms with Crippen molar-refractivity contribution in [1.82, 2.24) is 0 Å². The molecule has 0 aliphatic carbocycles. The number of hydrogen-bond donors (Lipinski definition) is 1. The summed E-state index contributed by atoms with van der Waals surface area (Å²) in [5, 5.41) is 10.8. The summed E-state index contributed by atoms with van der Waals surface area (Å²) in [7, 11) is -1.36. The van der Waals surface area contributed by atoms with E-state index in [1.54, 1.807) is 0 Å². The lowest BCUT2D eigenvalue weighted by Gasteiger charge is -2.24. The monoisotopic (exact) mass is 607 g/mol.